The smallest absolute Gasteiger partial charge is 0.252 e. The largest absolute Gasteiger partial charge is 0.351 e. The number of amides is 1. The molecule has 0 heterocycles. The second kappa shape index (κ2) is 9.05. The maximum absolute atomic E-state index is 12.9. The highest BCUT2D eigenvalue weighted by atomic mass is 32.2. The van der Waals surface area contributed by atoms with Gasteiger partial charge in [-0.3, -0.25) is 4.79 Å². The molecule has 3 aromatic rings. The van der Waals surface area contributed by atoms with Gasteiger partial charge < -0.3 is 5.32 Å². The van der Waals surface area contributed by atoms with Crippen molar-refractivity contribution in [2.24, 2.45) is 0 Å². The molecule has 1 N–H and O–H groups in total. The van der Waals surface area contributed by atoms with E-state index < -0.39 is 15.1 Å². The summed E-state index contributed by atoms with van der Waals surface area (Å²) >= 11 is 0. The summed E-state index contributed by atoms with van der Waals surface area (Å²) in [6.07, 6.45) is 0. The molecule has 0 saturated carbocycles. The van der Waals surface area contributed by atoms with Crippen LogP contribution >= 0.6 is 0 Å². The number of hydrogen-bond donors (Lipinski definition) is 1. The zero-order chi connectivity index (χ0) is 20.9. The van der Waals surface area contributed by atoms with Gasteiger partial charge in [-0.05, 0) is 37.1 Å². The highest BCUT2D eigenvalue weighted by Crippen LogP contribution is 2.25. The number of rotatable bonds is 7. The van der Waals surface area contributed by atoms with Crippen molar-refractivity contribution >= 4 is 15.7 Å². The number of carbonyl (C=O) groups is 1. The van der Waals surface area contributed by atoms with Crippen LogP contribution in [0.5, 0.6) is 0 Å². The van der Waals surface area contributed by atoms with Gasteiger partial charge >= 0.3 is 0 Å². The summed E-state index contributed by atoms with van der Waals surface area (Å²) in [7, 11) is -3.56. The molecule has 29 heavy (non-hydrogen) atoms. The quantitative estimate of drug-likeness (QED) is 0.630. The molecule has 3 aromatic carbocycles. The number of nitrogens with one attached hydrogen (secondary N) is 1. The maximum Gasteiger partial charge on any atom is 0.252 e. The van der Waals surface area contributed by atoms with Crippen LogP contribution in [0.25, 0.3) is 0 Å². The maximum atomic E-state index is 12.9. The van der Waals surface area contributed by atoms with Crippen LogP contribution in [0, 0.1) is 0 Å². The van der Waals surface area contributed by atoms with E-state index in [0.717, 1.165) is 11.1 Å². The van der Waals surface area contributed by atoms with Gasteiger partial charge in [-0.25, -0.2) is 8.42 Å². The van der Waals surface area contributed by atoms with Crippen molar-refractivity contribution in [2.75, 3.05) is 6.54 Å². The van der Waals surface area contributed by atoms with Crippen molar-refractivity contribution in [3.8, 4) is 0 Å². The van der Waals surface area contributed by atoms with Crippen LogP contribution in [-0.2, 0) is 9.84 Å². The van der Waals surface area contributed by atoms with E-state index in [2.05, 4.69) is 5.32 Å². The first-order valence-electron chi connectivity index (χ1n) is 9.62. The number of carbonyl (C=O) groups excluding carboxylic acids is 1. The Hall–Kier alpha value is -2.92. The zero-order valence-corrected chi connectivity index (χ0v) is 17.4. The number of sulfone groups is 1. The lowest BCUT2D eigenvalue weighted by molar-refractivity contribution is 0.0949. The number of benzene rings is 3. The Balaban J connectivity index is 1.87. The Bertz CT molecular complexity index is 1020. The molecule has 0 radical (unpaired) electrons. The summed E-state index contributed by atoms with van der Waals surface area (Å²) < 4.78 is 25.3. The Morgan fingerprint density at radius 1 is 0.793 bits per heavy atom. The molecule has 0 fully saturated rings. The van der Waals surface area contributed by atoms with Crippen LogP contribution in [-0.4, -0.2) is 26.1 Å². The fourth-order valence-electron chi connectivity index (χ4n) is 3.25. The standard InChI is InChI=1S/C24H25NO3S/c1-18(2)29(27,28)23-16-10-9-15-21(23)24(26)25-17-22(19-11-5-3-6-12-19)20-13-7-4-8-14-20/h3-16,18,22H,17H2,1-2H3,(H,25,26). The third kappa shape index (κ3) is 4.74. The summed E-state index contributed by atoms with van der Waals surface area (Å²) in [6.45, 7) is 3.60. The third-order valence-corrected chi connectivity index (χ3v) is 7.14. The average Bonchev–Trinajstić information content (AvgIpc) is 2.75. The van der Waals surface area contributed by atoms with Crippen LogP contribution in [0.3, 0.4) is 0 Å². The lowest BCUT2D eigenvalue weighted by atomic mass is 9.91. The van der Waals surface area contributed by atoms with Crippen LogP contribution in [0.2, 0.25) is 0 Å². The molecule has 4 nitrogen and oxygen atoms in total. The van der Waals surface area contributed by atoms with Gasteiger partial charge in [-0.2, -0.15) is 0 Å². The molecule has 0 unspecified atom stereocenters. The minimum Gasteiger partial charge on any atom is -0.351 e. The predicted octanol–water partition coefficient (Wildman–Crippen LogP) is 4.43. The highest BCUT2D eigenvalue weighted by Gasteiger charge is 2.25. The van der Waals surface area contributed by atoms with Crippen LogP contribution < -0.4 is 5.32 Å². The Kier molecular flexibility index (Phi) is 6.49. The van der Waals surface area contributed by atoms with Gasteiger partial charge in [0.1, 0.15) is 0 Å². The van der Waals surface area contributed by atoms with Crippen molar-refractivity contribution in [2.45, 2.75) is 29.9 Å². The van der Waals surface area contributed by atoms with Crippen LogP contribution in [0.15, 0.2) is 89.8 Å². The van der Waals surface area contributed by atoms with E-state index in [4.69, 9.17) is 0 Å². The Labute approximate surface area is 172 Å². The van der Waals surface area contributed by atoms with E-state index in [0.29, 0.717) is 6.54 Å². The molecule has 0 saturated heterocycles. The lowest BCUT2D eigenvalue weighted by Crippen LogP contribution is -2.30. The minimum absolute atomic E-state index is 0.0322. The molecule has 1 amide bonds. The molecule has 0 atom stereocenters. The zero-order valence-electron chi connectivity index (χ0n) is 16.6. The summed E-state index contributed by atoms with van der Waals surface area (Å²) in [5.74, 6) is -0.420. The van der Waals surface area contributed by atoms with Crippen molar-refractivity contribution < 1.29 is 13.2 Å². The lowest BCUT2D eigenvalue weighted by Gasteiger charge is -2.19. The van der Waals surface area contributed by atoms with Gasteiger partial charge in [-0.15, -0.1) is 0 Å². The predicted molar refractivity (Wildman–Crippen MR) is 116 cm³/mol. The van der Waals surface area contributed by atoms with Crippen molar-refractivity contribution in [3.05, 3.63) is 102 Å². The van der Waals surface area contributed by atoms with Gasteiger partial charge in [0, 0.05) is 12.5 Å². The normalized spacial score (nSPS) is 11.6. The monoisotopic (exact) mass is 407 g/mol. The topological polar surface area (TPSA) is 63.2 Å². The Morgan fingerprint density at radius 2 is 1.28 bits per heavy atom. The van der Waals surface area contributed by atoms with Crippen LogP contribution in [0.4, 0.5) is 0 Å². The van der Waals surface area contributed by atoms with Gasteiger partial charge in [0.15, 0.2) is 9.84 Å². The van der Waals surface area contributed by atoms with Gasteiger partial charge in [0.25, 0.3) is 5.91 Å². The third-order valence-electron chi connectivity index (χ3n) is 4.93. The number of hydrogen-bond acceptors (Lipinski definition) is 3. The van der Waals surface area contributed by atoms with Crippen molar-refractivity contribution in [1.29, 1.82) is 0 Å². The van der Waals surface area contributed by atoms with Crippen molar-refractivity contribution in [1.82, 2.24) is 5.32 Å². The molecule has 0 spiro atoms. The summed E-state index contributed by atoms with van der Waals surface area (Å²) in [6, 6.07) is 26.3. The average molecular weight is 408 g/mol. The van der Waals surface area contributed by atoms with E-state index in [1.54, 1.807) is 32.0 Å². The van der Waals surface area contributed by atoms with E-state index in [1.807, 2.05) is 60.7 Å². The summed E-state index contributed by atoms with van der Waals surface area (Å²) in [5.41, 5.74) is 2.35. The molecule has 3 rings (SSSR count). The van der Waals surface area contributed by atoms with E-state index in [-0.39, 0.29) is 22.3 Å². The SMILES string of the molecule is CC(C)S(=O)(=O)c1ccccc1C(=O)NCC(c1ccccc1)c1ccccc1. The molecule has 5 heteroatoms. The fraction of sp³-hybridized carbons (Fsp3) is 0.208. The fourth-order valence-corrected chi connectivity index (χ4v) is 4.49. The summed E-state index contributed by atoms with van der Waals surface area (Å²) in [4.78, 5) is 13.0. The molecular formula is C24H25NO3S. The molecule has 0 aliphatic carbocycles. The summed E-state index contributed by atoms with van der Waals surface area (Å²) in [5, 5.41) is 2.34. The second-order valence-electron chi connectivity index (χ2n) is 7.17. The highest BCUT2D eigenvalue weighted by molar-refractivity contribution is 7.92. The first kappa shape index (κ1) is 20.8. The van der Waals surface area contributed by atoms with Crippen LogP contribution in [0.1, 0.15) is 41.3 Å². The molecule has 150 valence electrons. The van der Waals surface area contributed by atoms with E-state index >= 15 is 0 Å². The molecule has 0 aliphatic rings. The first-order chi connectivity index (χ1) is 13.9. The Morgan fingerprint density at radius 3 is 1.79 bits per heavy atom. The first-order valence-corrected chi connectivity index (χ1v) is 11.2. The van der Waals surface area contributed by atoms with E-state index in [9.17, 15) is 13.2 Å². The van der Waals surface area contributed by atoms with Gasteiger partial charge in [0.2, 0.25) is 0 Å². The minimum atomic E-state index is -3.56. The second-order valence-corrected chi connectivity index (χ2v) is 9.65. The molecular weight excluding hydrogens is 382 g/mol. The van der Waals surface area contributed by atoms with E-state index in [1.165, 1.54) is 6.07 Å². The van der Waals surface area contributed by atoms with Gasteiger partial charge in [-0.1, -0.05) is 72.8 Å². The molecule has 0 aromatic heterocycles. The van der Waals surface area contributed by atoms with Gasteiger partial charge in [0.05, 0.1) is 15.7 Å². The molecule has 0 bridgehead atoms. The molecule has 0 aliphatic heterocycles. The van der Waals surface area contributed by atoms with Crippen molar-refractivity contribution in [3.63, 3.8) is 0 Å².